The SMILES string of the molecule is CC(=O)OC(C[C@@H]1[C@@H](C=O)C1(C)C)C(C)=O. The average molecular weight is 226 g/mol. The molecule has 0 bridgehead atoms. The number of esters is 1. The lowest BCUT2D eigenvalue weighted by Crippen LogP contribution is -2.25. The summed E-state index contributed by atoms with van der Waals surface area (Å²) in [7, 11) is 0. The number of hydrogen-bond acceptors (Lipinski definition) is 4. The van der Waals surface area contributed by atoms with Crippen LogP contribution in [0.1, 0.15) is 34.1 Å². The number of aldehydes is 1. The summed E-state index contributed by atoms with van der Waals surface area (Å²) in [6.45, 7) is 6.66. The standard InChI is InChI=1S/C12H18O4/c1-7(14)11(16-8(2)15)5-9-10(6-13)12(9,3)4/h6,9-11H,5H2,1-4H3/t9-,10-,11?/m1/s1. The largest absolute Gasteiger partial charge is 0.455 e. The predicted octanol–water partition coefficient (Wildman–Crippen LogP) is 1.37. The van der Waals surface area contributed by atoms with Crippen molar-refractivity contribution >= 4 is 18.0 Å². The zero-order chi connectivity index (χ0) is 12.5. The van der Waals surface area contributed by atoms with Crippen molar-refractivity contribution in [2.75, 3.05) is 0 Å². The first kappa shape index (κ1) is 12.9. The monoisotopic (exact) mass is 226 g/mol. The summed E-state index contributed by atoms with van der Waals surface area (Å²) in [6.07, 6.45) is 0.674. The molecule has 1 fully saturated rings. The molecule has 0 aromatic carbocycles. The van der Waals surface area contributed by atoms with Crippen molar-refractivity contribution in [2.24, 2.45) is 17.3 Å². The first-order valence-electron chi connectivity index (χ1n) is 5.43. The Morgan fingerprint density at radius 3 is 2.25 bits per heavy atom. The molecule has 1 unspecified atom stereocenters. The molecule has 16 heavy (non-hydrogen) atoms. The van der Waals surface area contributed by atoms with Gasteiger partial charge in [0, 0.05) is 12.8 Å². The van der Waals surface area contributed by atoms with Crippen LogP contribution in [0.3, 0.4) is 0 Å². The molecule has 90 valence electrons. The first-order valence-corrected chi connectivity index (χ1v) is 5.43. The van der Waals surface area contributed by atoms with E-state index in [0.29, 0.717) is 6.42 Å². The third-order valence-electron chi connectivity index (χ3n) is 3.52. The van der Waals surface area contributed by atoms with Gasteiger partial charge in [0.05, 0.1) is 0 Å². The van der Waals surface area contributed by atoms with Crippen molar-refractivity contribution in [1.82, 2.24) is 0 Å². The molecular formula is C12H18O4. The van der Waals surface area contributed by atoms with Crippen molar-refractivity contribution in [3.8, 4) is 0 Å². The van der Waals surface area contributed by atoms with Crippen LogP contribution in [0.2, 0.25) is 0 Å². The van der Waals surface area contributed by atoms with E-state index in [1.807, 2.05) is 13.8 Å². The van der Waals surface area contributed by atoms with Crippen LogP contribution >= 0.6 is 0 Å². The highest BCUT2D eigenvalue weighted by atomic mass is 16.5. The average Bonchev–Trinajstić information content (AvgIpc) is 2.65. The molecule has 0 N–H and O–H groups in total. The van der Waals surface area contributed by atoms with E-state index in [2.05, 4.69) is 0 Å². The van der Waals surface area contributed by atoms with Gasteiger partial charge in [-0.1, -0.05) is 13.8 Å². The smallest absolute Gasteiger partial charge is 0.303 e. The molecule has 0 spiro atoms. The molecule has 0 heterocycles. The van der Waals surface area contributed by atoms with E-state index < -0.39 is 12.1 Å². The number of carbonyl (C=O) groups is 3. The Balaban J connectivity index is 2.61. The predicted molar refractivity (Wildman–Crippen MR) is 57.7 cm³/mol. The topological polar surface area (TPSA) is 60.4 Å². The Hall–Kier alpha value is -1.19. The second-order valence-corrected chi connectivity index (χ2v) is 5.03. The number of Topliss-reactive ketones (excluding diaryl/α,β-unsaturated/α-hetero) is 1. The van der Waals surface area contributed by atoms with Gasteiger partial charge in [0.15, 0.2) is 11.9 Å². The highest BCUT2D eigenvalue weighted by Crippen LogP contribution is 2.59. The molecule has 0 radical (unpaired) electrons. The fraction of sp³-hybridized carbons (Fsp3) is 0.750. The van der Waals surface area contributed by atoms with Gasteiger partial charge >= 0.3 is 5.97 Å². The van der Waals surface area contributed by atoms with Crippen molar-refractivity contribution < 1.29 is 19.1 Å². The highest BCUT2D eigenvalue weighted by molar-refractivity contribution is 5.83. The lowest BCUT2D eigenvalue weighted by atomic mass is 10.0. The van der Waals surface area contributed by atoms with Gasteiger partial charge in [-0.05, 0) is 24.7 Å². The minimum atomic E-state index is -0.702. The summed E-state index contributed by atoms with van der Waals surface area (Å²) in [5, 5.41) is 0. The molecule has 1 saturated carbocycles. The number of ketones is 1. The number of hydrogen-bond donors (Lipinski definition) is 0. The van der Waals surface area contributed by atoms with Crippen LogP contribution in [-0.4, -0.2) is 24.1 Å². The molecule has 0 aliphatic heterocycles. The molecule has 4 nitrogen and oxygen atoms in total. The maximum Gasteiger partial charge on any atom is 0.303 e. The molecule has 0 aromatic heterocycles. The Bertz CT molecular complexity index is 319. The molecule has 1 aliphatic rings. The highest BCUT2D eigenvalue weighted by Gasteiger charge is 2.58. The summed E-state index contributed by atoms with van der Waals surface area (Å²) in [6, 6.07) is 0. The Morgan fingerprint density at radius 2 is 1.94 bits per heavy atom. The van der Waals surface area contributed by atoms with Crippen LogP contribution in [0, 0.1) is 17.3 Å². The lowest BCUT2D eigenvalue weighted by molar-refractivity contribution is -0.153. The van der Waals surface area contributed by atoms with E-state index >= 15 is 0 Å². The Kier molecular flexibility index (Phi) is 3.51. The van der Waals surface area contributed by atoms with Crippen molar-refractivity contribution in [2.45, 2.75) is 40.2 Å². The van der Waals surface area contributed by atoms with E-state index in [4.69, 9.17) is 4.74 Å². The van der Waals surface area contributed by atoms with Gasteiger partial charge in [-0.3, -0.25) is 9.59 Å². The zero-order valence-corrected chi connectivity index (χ0v) is 10.1. The van der Waals surface area contributed by atoms with Crippen molar-refractivity contribution in [3.63, 3.8) is 0 Å². The fourth-order valence-electron chi connectivity index (χ4n) is 2.24. The summed E-state index contributed by atoms with van der Waals surface area (Å²) in [5.41, 5.74) is -0.0738. The van der Waals surface area contributed by atoms with Gasteiger partial charge in [-0.15, -0.1) is 0 Å². The van der Waals surface area contributed by atoms with Gasteiger partial charge < -0.3 is 9.53 Å². The number of ether oxygens (including phenoxy) is 1. The third kappa shape index (κ3) is 2.49. The molecule has 0 aromatic rings. The van der Waals surface area contributed by atoms with Crippen LogP contribution < -0.4 is 0 Å². The minimum absolute atomic E-state index is 0.0232. The number of rotatable bonds is 5. The quantitative estimate of drug-likeness (QED) is 0.524. The van der Waals surface area contributed by atoms with Crippen LogP contribution in [0.15, 0.2) is 0 Å². The molecule has 3 atom stereocenters. The van der Waals surface area contributed by atoms with Crippen LogP contribution in [-0.2, 0) is 19.1 Å². The van der Waals surface area contributed by atoms with Gasteiger partial charge in [0.25, 0.3) is 0 Å². The normalized spacial score (nSPS) is 28.0. The second kappa shape index (κ2) is 4.36. The molecule has 1 aliphatic carbocycles. The minimum Gasteiger partial charge on any atom is -0.455 e. The van der Waals surface area contributed by atoms with Crippen molar-refractivity contribution in [1.29, 1.82) is 0 Å². The lowest BCUT2D eigenvalue weighted by Gasteiger charge is -2.14. The third-order valence-corrected chi connectivity index (χ3v) is 3.52. The molecule has 0 saturated heterocycles. The van der Waals surface area contributed by atoms with E-state index in [0.717, 1.165) is 6.29 Å². The van der Waals surface area contributed by atoms with Crippen LogP contribution in [0.5, 0.6) is 0 Å². The number of carbonyl (C=O) groups excluding carboxylic acids is 3. The summed E-state index contributed by atoms with van der Waals surface area (Å²) in [4.78, 5) is 32.9. The van der Waals surface area contributed by atoms with Crippen molar-refractivity contribution in [3.05, 3.63) is 0 Å². The summed E-state index contributed by atoms with van der Waals surface area (Å²) < 4.78 is 4.94. The van der Waals surface area contributed by atoms with Gasteiger partial charge in [0.1, 0.15) is 6.29 Å². The van der Waals surface area contributed by atoms with E-state index in [1.165, 1.54) is 13.8 Å². The van der Waals surface area contributed by atoms with Gasteiger partial charge in [0.2, 0.25) is 0 Å². The van der Waals surface area contributed by atoms with E-state index in [-0.39, 0.29) is 23.0 Å². The van der Waals surface area contributed by atoms with Crippen LogP contribution in [0.4, 0.5) is 0 Å². The maximum atomic E-state index is 11.3. The molecule has 1 rings (SSSR count). The Labute approximate surface area is 95.3 Å². The fourth-order valence-corrected chi connectivity index (χ4v) is 2.24. The van der Waals surface area contributed by atoms with E-state index in [9.17, 15) is 14.4 Å². The summed E-state index contributed by atoms with van der Waals surface area (Å²) >= 11 is 0. The first-order chi connectivity index (χ1) is 7.30. The summed E-state index contributed by atoms with van der Waals surface area (Å²) in [5.74, 6) is -0.507. The van der Waals surface area contributed by atoms with Gasteiger partial charge in [-0.25, -0.2) is 0 Å². The molecule has 4 heteroatoms. The Morgan fingerprint density at radius 1 is 1.38 bits per heavy atom. The maximum absolute atomic E-state index is 11.3. The molecule has 0 amide bonds. The van der Waals surface area contributed by atoms with Crippen LogP contribution in [0.25, 0.3) is 0 Å². The molecular weight excluding hydrogens is 208 g/mol. The second-order valence-electron chi connectivity index (χ2n) is 5.03. The zero-order valence-electron chi connectivity index (χ0n) is 10.1. The van der Waals surface area contributed by atoms with Gasteiger partial charge in [-0.2, -0.15) is 0 Å². The van der Waals surface area contributed by atoms with E-state index in [1.54, 1.807) is 0 Å².